The standard InChI is InChI=1S/C12H13NOS/c1-3-5-7-10(6-4-2)12-8-11(9-15)14-13-12/h3-8,15H,1-2,9H2/b7-5-,10-6+. The largest absolute Gasteiger partial charge is 0.360 e. The third-order valence-corrected chi connectivity index (χ3v) is 2.03. The third-order valence-electron chi connectivity index (χ3n) is 1.72. The fraction of sp³-hybridized carbons (Fsp3) is 0.0833. The molecule has 1 rings (SSSR count). The van der Waals surface area contributed by atoms with E-state index in [0.29, 0.717) is 5.75 Å². The third kappa shape index (κ3) is 3.29. The minimum atomic E-state index is 0.541. The molecule has 78 valence electrons. The van der Waals surface area contributed by atoms with E-state index in [1.54, 1.807) is 12.2 Å². The molecule has 0 radical (unpaired) electrons. The first kappa shape index (κ1) is 11.6. The van der Waals surface area contributed by atoms with E-state index in [4.69, 9.17) is 4.52 Å². The summed E-state index contributed by atoms with van der Waals surface area (Å²) in [5.41, 5.74) is 1.71. The van der Waals surface area contributed by atoms with Gasteiger partial charge in [0.2, 0.25) is 0 Å². The molecule has 0 unspecified atom stereocenters. The molecule has 0 spiro atoms. The van der Waals surface area contributed by atoms with E-state index in [1.165, 1.54) is 0 Å². The van der Waals surface area contributed by atoms with Gasteiger partial charge < -0.3 is 4.52 Å². The lowest BCUT2D eigenvalue weighted by Gasteiger charge is -1.92. The molecule has 1 aromatic heterocycles. The summed E-state index contributed by atoms with van der Waals surface area (Å²) in [6.07, 6.45) is 9.01. The second kappa shape index (κ2) is 6.09. The van der Waals surface area contributed by atoms with E-state index in [-0.39, 0.29) is 0 Å². The van der Waals surface area contributed by atoms with E-state index in [1.807, 2.05) is 24.3 Å². The Kier molecular flexibility index (Phi) is 4.71. The van der Waals surface area contributed by atoms with Crippen LogP contribution in [0.2, 0.25) is 0 Å². The van der Waals surface area contributed by atoms with Crippen LogP contribution in [0.4, 0.5) is 0 Å². The number of hydrogen-bond donors (Lipinski definition) is 1. The van der Waals surface area contributed by atoms with Crippen LogP contribution in [0.15, 0.2) is 54.1 Å². The number of nitrogens with zero attached hydrogens (tertiary/aromatic N) is 1. The van der Waals surface area contributed by atoms with Gasteiger partial charge in [-0.05, 0) is 0 Å². The lowest BCUT2D eigenvalue weighted by atomic mass is 10.1. The molecule has 0 aromatic carbocycles. The van der Waals surface area contributed by atoms with E-state index < -0.39 is 0 Å². The van der Waals surface area contributed by atoms with Crippen LogP contribution in [0.3, 0.4) is 0 Å². The van der Waals surface area contributed by atoms with Gasteiger partial charge in [0, 0.05) is 11.6 Å². The van der Waals surface area contributed by atoms with Gasteiger partial charge in [0.1, 0.15) is 11.5 Å². The maximum Gasteiger partial charge on any atom is 0.146 e. The maximum atomic E-state index is 5.06. The molecule has 0 bridgehead atoms. The zero-order chi connectivity index (χ0) is 11.1. The van der Waals surface area contributed by atoms with Crippen LogP contribution in [-0.2, 0) is 5.75 Å². The Balaban J connectivity index is 2.98. The summed E-state index contributed by atoms with van der Waals surface area (Å²) in [4.78, 5) is 0. The van der Waals surface area contributed by atoms with E-state index in [2.05, 4.69) is 30.9 Å². The summed E-state index contributed by atoms with van der Waals surface area (Å²) in [6, 6.07) is 1.86. The van der Waals surface area contributed by atoms with Crippen LogP contribution < -0.4 is 0 Å². The first-order chi connectivity index (χ1) is 7.31. The van der Waals surface area contributed by atoms with Crippen molar-refractivity contribution in [1.29, 1.82) is 0 Å². The minimum absolute atomic E-state index is 0.541. The molecular formula is C12H13NOS. The zero-order valence-electron chi connectivity index (χ0n) is 8.39. The lowest BCUT2D eigenvalue weighted by molar-refractivity contribution is 0.393. The highest BCUT2D eigenvalue weighted by molar-refractivity contribution is 7.79. The molecule has 0 N–H and O–H groups in total. The van der Waals surface area contributed by atoms with Crippen LogP contribution in [0.5, 0.6) is 0 Å². The minimum Gasteiger partial charge on any atom is -0.360 e. The number of rotatable bonds is 5. The molecule has 3 heteroatoms. The van der Waals surface area contributed by atoms with Crippen molar-refractivity contribution in [1.82, 2.24) is 5.16 Å². The Labute approximate surface area is 95.1 Å². The summed E-state index contributed by atoms with van der Waals surface area (Å²) in [6.45, 7) is 7.26. The summed E-state index contributed by atoms with van der Waals surface area (Å²) >= 11 is 4.11. The first-order valence-electron chi connectivity index (χ1n) is 4.50. The number of hydrogen-bond acceptors (Lipinski definition) is 3. The molecule has 1 heterocycles. The highest BCUT2D eigenvalue weighted by atomic mass is 32.1. The molecule has 0 amide bonds. The van der Waals surface area contributed by atoms with Crippen molar-refractivity contribution in [2.75, 3.05) is 0 Å². The van der Waals surface area contributed by atoms with Gasteiger partial charge in [0.15, 0.2) is 0 Å². The molecule has 0 fully saturated rings. The highest BCUT2D eigenvalue weighted by Gasteiger charge is 2.04. The Hall–Kier alpha value is -1.48. The number of aromatic nitrogens is 1. The van der Waals surface area contributed by atoms with Crippen LogP contribution in [0.1, 0.15) is 11.5 Å². The second-order valence-electron chi connectivity index (χ2n) is 2.79. The quantitative estimate of drug-likeness (QED) is 0.606. The predicted octanol–water partition coefficient (Wildman–Crippen LogP) is 3.42. The Morgan fingerprint density at radius 3 is 2.80 bits per heavy atom. The van der Waals surface area contributed by atoms with Gasteiger partial charge >= 0.3 is 0 Å². The number of thiol groups is 1. The molecule has 0 aliphatic heterocycles. The van der Waals surface area contributed by atoms with Crippen molar-refractivity contribution in [2.45, 2.75) is 5.75 Å². The molecule has 0 atom stereocenters. The fourth-order valence-corrected chi connectivity index (χ4v) is 1.20. The Morgan fingerprint density at radius 1 is 1.47 bits per heavy atom. The van der Waals surface area contributed by atoms with Crippen LogP contribution in [-0.4, -0.2) is 5.16 Å². The van der Waals surface area contributed by atoms with Gasteiger partial charge in [-0.15, -0.1) is 0 Å². The lowest BCUT2D eigenvalue weighted by Crippen LogP contribution is -1.78. The molecule has 0 saturated carbocycles. The van der Waals surface area contributed by atoms with E-state index in [9.17, 15) is 0 Å². The van der Waals surface area contributed by atoms with Crippen molar-refractivity contribution in [3.63, 3.8) is 0 Å². The van der Waals surface area contributed by atoms with Crippen molar-refractivity contribution in [3.05, 3.63) is 61.1 Å². The molecule has 15 heavy (non-hydrogen) atoms. The molecule has 2 nitrogen and oxygen atoms in total. The summed E-state index contributed by atoms with van der Waals surface area (Å²) in [5.74, 6) is 1.29. The first-order valence-corrected chi connectivity index (χ1v) is 5.13. The van der Waals surface area contributed by atoms with Gasteiger partial charge in [-0.2, -0.15) is 12.6 Å². The van der Waals surface area contributed by atoms with E-state index in [0.717, 1.165) is 17.0 Å². The van der Waals surface area contributed by atoms with Gasteiger partial charge in [-0.1, -0.05) is 48.7 Å². The summed E-state index contributed by atoms with van der Waals surface area (Å²) in [5, 5.41) is 3.93. The maximum absolute atomic E-state index is 5.06. The van der Waals surface area contributed by atoms with Crippen LogP contribution in [0, 0.1) is 0 Å². The average Bonchev–Trinajstić information content (AvgIpc) is 2.72. The van der Waals surface area contributed by atoms with Crippen molar-refractivity contribution in [3.8, 4) is 0 Å². The normalized spacial score (nSPS) is 11.9. The predicted molar refractivity (Wildman–Crippen MR) is 66.7 cm³/mol. The van der Waals surface area contributed by atoms with Crippen LogP contribution >= 0.6 is 12.6 Å². The monoisotopic (exact) mass is 219 g/mol. The van der Waals surface area contributed by atoms with Crippen molar-refractivity contribution < 1.29 is 4.52 Å². The molecule has 0 aliphatic carbocycles. The summed E-state index contributed by atoms with van der Waals surface area (Å²) in [7, 11) is 0. The molecule has 1 aromatic rings. The van der Waals surface area contributed by atoms with Crippen molar-refractivity contribution in [2.24, 2.45) is 0 Å². The van der Waals surface area contributed by atoms with Crippen molar-refractivity contribution >= 4 is 18.2 Å². The van der Waals surface area contributed by atoms with E-state index >= 15 is 0 Å². The average molecular weight is 219 g/mol. The fourth-order valence-electron chi connectivity index (χ4n) is 1.05. The Bertz CT molecular complexity index is 402. The summed E-state index contributed by atoms with van der Waals surface area (Å²) < 4.78 is 5.06. The molecular weight excluding hydrogens is 206 g/mol. The molecule has 0 aliphatic rings. The SMILES string of the molecule is C=C/C=C\C(=C/C=C)c1cc(CS)on1. The van der Waals surface area contributed by atoms with Gasteiger partial charge in [0.25, 0.3) is 0 Å². The van der Waals surface area contributed by atoms with Gasteiger partial charge in [-0.25, -0.2) is 0 Å². The van der Waals surface area contributed by atoms with Crippen LogP contribution in [0.25, 0.3) is 5.57 Å². The Morgan fingerprint density at radius 2 is 2.27 bits per heavy atom. The van der Waals surface area contributed by atoms with Gasteiger partial charge in [0.05, 0.1) is 5.75 Å². The zero-order valence-corrected chi connectivity index (χ0v) is 9.28. The highest BCUT2D eigenvalue weighted by Crippen LogP contribution is 2.17. The molecule has 0 saturated heterocycles. The van der Waals surface area contributed by atoms with Gasteiger partial charge in [-0.3, -0.25) is 0 Å². The topological polar surface area (TPSA) is 26.0 Å². The number of allylic oxidation sites excluding steroid dienone is 6. The smallest absolute Gasteiger partial charge is 0.146 e. The second-order valence-corrected chi connectivity index (χ2v) is 3.11.